The van der Waals surface area contributed by atoms with Gasteiger partial charge in [-0.05, 0) is 0 Å². The normalized spacial score (nSPS) is 19.9. The van der Waals surface area contributed by atoms with Gasteiger partial charge in [0.2, 0.25) is 0 Å². The second-order valence-electron chi connectivity index (χ2n) is 3.84. The van der Waals surface area contributed by atoms with Gasteiger partial charge in [0.25, 0.3) is 0 Å². The molecule has 0 unspecified atom stereocenters. The van der Waals surface area contributed by atoms with Crippen molar-refractivity contribution < 1.29 is 56.5 Å². The van der Waals surface area contributed by atoms with Gasteiger partial charge in [0.1, 0.15) is 0 Å². The van der Waals surface area contributed by atoms with Crippen molar-refractivity contribution in [2.75, 3.05) is 6.66 Å². The third kappa shape index (κ3) is 1.87. The van der Waals surface area contributed by atoms with Gasteiger partial charge in [0.15, 0.2) is 0 Å². The van der Waals surface area contributed by atoms with E-state index in [1.165, 1.54) is 0 Å². The quantitative estimate of drug-likeness (QED) is 0.449. The van der Waals surface area contributed by atoms with Crippen molar-refractivity contribution in [3.63, 3.8) is 0 Å². The molecular formula is C5H3F13P-. The summed E-state index contributed by atoms with van der Waals surface area (Å²) in [6, 6.07) is 0. The van der Waals surface area contributed by atoms with Crippen molar-refractivity contribution >= 4 is 6.88 Å². The van der Waals surface area contributed by atoms with Crippen LogP contribution in [0.4, 0.5) is 56.5 Å². The summed E-state index contributed by atoms with van der Waals surface area (Å²) in [5.41, 5.74) is -16.4. The molecule has 0 aromatic carbocycles. The van der Waals surface area contributed by atoms with E-state index < -0.39 is 37.2 Å². The van der Waals surface area contributed by atoms with E-state index in [-0.39, 0.29) is 0 Å². The van der Waals surface area contributed by atoms with Gasteiger partial charge in [-0.25, -0.2) is 0 Å². The molecule has 0 bridgehead atoms. The van der Waals surface area contributed by atoms with Gasteiger partial charge >= 0.3 is 93.7 Å². The molecule has 0 heterocycles. The summed E-state index contributed by atoms with van der Waals surface area (Å²) in [4.78, 5) is 0. The van der Waals surface area contributed by atoms with E-state index in [9.17, 15) is 56.5 Å². The predicted molar refractivity (Wildman–Crippen MR) is 38.2 cm³/mol. The molecule has 0 spiro atoms. The standard InChI is InChI=1S/C5H3F13P/c1-19(16,17,18,4(12,13)2(6,7)8)5(14,15)3(9,10)11/h1H3/q-1. The van der Waals surface area contributed by atoms with Crippen molar-refractivity contribution in [1.82, 2.24) is 0 Å². The first-order valence-electron chi connectivity index (χ1n) is 3.79. The Morgan fingerprint density at radius 1 is 0.526 bits per heavy atom. The molecule has 0 aliphatic rings. The average molecular weight is 341 g/mol. The monoisotopic (exact) mass is 341 g/mol. The third-order valence-electron chi connectivity index (χ3n) is 2.16. The van der Waals surface area contributed by atoms with E-state index in [0.29, 0.717) is 0 Å². The molecule has 0 saturated heterocycles. The Labute approximate surface area is 95.0 Å². The predicted octanol–water partition coefficient (Wildman–Crippen LogP) is 5.67. The van der Waals surface area contributed by atoms with Crippen LogP contribution in [0.25, 0.3) is 0 Å². The van der Waals surface area contributed by atoms with E-state index >= 15 is 0 Å². The van der Waals surface area contributed by atoms with E-state index in [0.717, 1.165) is 0 Å². The van der Waals surface area contributed by atoms with Gasteiger partial charge in [-0.3, -0.25) is 0 Å². The second-order valence-corrected chi connectivity index (χ2v) is 8.50. The van der Waals surface area contributed by atoms with Crippen LogP contribution in [0.5, 0.6) is 0 Å². The minimum atomic E-state index is -12.1. The SMILES string of the molecule is C[P-](F)(F)(F)(C(F)(F)C(F)(F)F)C(F)(F)C(F)(F)F. The Balaban J connectivity index is 6.64. The molecule has 0 aliphatic carbocycles. The molecule has 0 aliphatic heterocycles. The van der Waals surface area contributed by atoms with Crippen LogP contribution in [0, 0.1) is 0 Å². The molecule has 0 radical (unpaired) electrons. The zero-order valence-corrected chi connectivity index (χ0v) is 9.26. The van der Waals surface area contributed by atoms with Crippen LogP contribution in [-0.2, 0) is 0 Å². The van der Waals surface area contributed by atoms with Crippen LogP contribution in [0.1, 0.15) is 0 Å². The van der Waals surface area contributed by atoms with Crippen LogP contribution in [-0.4, -0.2) is 30.3 Å². The minimum absolute atomic E-state index is 2.31. The molecular weight excluding hydrogens is 338 g/mol. The molecule has 0 rings (SSSR count). The van der Waals surface area contributed by atoms with E-state index in [1.54, 1.807) is 0 Å². The van der Waals surface area contributed by atoms with Gasteiger partial charge in [0.05, 0.1) is 0 Å². The van der Waals surface area contributed by atoms with Gasteiger partial charge in [-0.15, -0.1) is 0 Å². The van der Waals surface area contributed by atoms with Gasteiger partial charge in [0, 0.05) is 0 Å². The molecule has 0 nitrogen and oxygen atoms in total. The van der Waals surface area contributed by atoms with Gasteiger partial charge in [-0.2, -0.15) is 0 Å². The third-order valence-corrected chi connectivity index (χ3v) is 5.63. The van der Waals surface area contributed by atoms with Crippen molar-refractivity contribution in [3.8, 4) is 0 Å². The molecule has 19 heavy (non-hydrogen) atoms. The first-order valence-corrected chi connectivity index (χ1v) is 6.59. The molecule has 120 valence electrons. The number of hydrogen-bond acceptors (Lipinski definition) is 0. The Morgan fingerprint density at radius 2 is 0.684 bits per heavy atom. The molecule has 0 N–H and O–H groups in total. The van der Waals surface area contributed by atoms with Crippen molar-refractivity contribution in [1.29, 1.82) is 0 Å². The maximum absolute atomic E-state index is 12.9. The summed E-state index contributed by atoms with van der Waals surface area (Å²) in [5, 5.41) is 0. The molecule has 0 aromatic rings. The Kier molecular flexibility index (Phi) is 3.14. The molecule has 14 heteroatoms. The van der Waals surface area contributed by atoms with Crippen molar-refractivity contribution in [2.24, 2.45) is 0 Å². The number of rotatable bonds is 2. The Bertz CT molecular complexity index is 343. The fourth-order valence-corrected chi connectivity index (χ4v) is 2.53. The van der Waals surface area contributed by atoms with Gasteiger partial charge in [-0.1, -0.05) is 0 Å². The van der Waals surface area contributed by atoms with Crippen molar-refractivity contribution in [3.05, 3.63) is 0 Å². The fourth-order valence-electron chi connectivity index (χ4n) is 0.844. The van der Waals surface area contributed by atoms with E-state index in [1.807, 2.05) is 0 Å². The Morgan fingerprint density at radius 3 is 0.789 bits per heavy atom. The fraction of sp³-hybridized carbons (Fsp3) is 1.00. The number of alkyl halides is 10. The van der Waals surface area contributed by atoms with Crippen LogP contribution in [0.15, 0.2) is 0 Å². The van der Waals surface area contributed by atoms with E-state index in [4.69, 9.17) is 0 Å². The first-order chi connectivity index (χ1) is 7.54. The van der Waals surface area contributed by atoms with Crippen LogP contribution >= 0.6 is 6.88 Å². The summed E-state index contributed by atoms with van der Waals surface area (Å²) in [6.45, 7) is -14.4. The molecule has 0 atom stereocenters. The summed E-state index contributed by atoms with van der Waals surface area (Å²) in [6.07, 6.45) is -15.3. The van der Waals surface area contributed by atoms with Crippen LogP contribution in [0.3, 0.4) is 0 Å². The summed E-state index contributed by atoms with van der Waals surface area (Å²) < 4.78 is 158. The second kappa shape index (κ2) is 3.22. The Hall–Kier alpha value is -0.480. The summed E-state index contributed by atoms with van der Waals surface area (Å²) in [5.74, 6) is 0. The molecule has 0 aromatic heterocycles. The molecule has 0 fully saturated rings. The number of hydrogen-bond donors (Lipinski definition) is 0. The molecule has 0 amide bonds. The zero-order chi connectivity index (χ0) is 16.4. The molecule has 0 saturated carbocycles. The average Bonchev–Trinajstić information content (AvgIpc) is 1.96. The van der Waals surface area contributed by atoms with Crippen LogP contribution < -0.4 is 0 Å². The van der Waals surface area contributed by atoms with Crippen molar-refractivity contribution in [2.45, 2.75) is 23.7 Å². The number of halogens is 13. The topological polar surface area (TPSA) is 0 Å². The first kappa shape index (κ1) is 18.5. The summed E-state index contributed by atoms with van der Waals surface area (Å²) >= 11 is 0. The van der Waals surface area contributed by atoms with Gasteiger partial charge < -0.3 is 0 Å². The zero-order valence-electron chi connectivity index (χ0n) is 8.36. The van der Waals surface area contributed by atoms with E-state index in [2.05, 4.69) is 0 Å². The maximum atomic E-state index is 12.9. The van der Waals surface area contributed by atoms with Crippen LogP contribution in [0.2, 0.25) is 0 Å². The summed E-state index contributed by atoms with van der Waals surface area (Å²) in [7, 11) is 0.